The standard InChI is InChI=1S/C15H22ClN3O2/c1-4-17-13-9-21-8-11(13)15(20)18-12-7-10(16)5-6-14(12)19(2)3/h5-7,11,13,17H,4,8-9H2,1-3H3,(H,18,20). The number of nitrogens with one attached hydrogen (secondary N) is 2. The number of ether oxygens (including phenoxy) is 1. The molecule has 1 fully saturated rings. The third kappa shape index (κ3) is 3.87. The van der Waals surface area contributed by atoms with E-state index in [1.54, 1.807) is 6.07 Å². The minimum absolute atomic E-state index is 0.0381. The van der Waals surface area contributed by atoms with Gasteiger partial charge >= 0.3 is 0 Å². The zero-order valence-electron chi connectivity index (χ0n) is 12.6. The normalized spacial score (nSPS) is 21.3. The smallest absolute Gasteiger partial charge is 0.231 e. The lowest BCUT2D eigenvalue weighted by molar-refractivity contribution is -0.120. The highest BCUT2D eigenvalue weighted by Crippen LogP contribution is 2.29. The second-order valence-corrected chi connectivity index (χ2v) is 5.79. The van der Waals surface area contributed by atoms with E-state index < -0.39 is 0 Å². The molecule has 1 aliphatic rings. The zero-order chi connectivity index (χ0) is 15.4. The molecule has 2 unspecified atom stereocenters. The summed E-state index contributed by atoms with van der Waals surface area (Å²) in [7, 11) is 3.86. The van der Waals surface area contributed by atoms with Gasteiger partial charge in [0.1, 0.15) is 0 Å². The van der Waals surface area contributed by atoms with Crippen LogP contribution in [0.15, 0.2) is 18.2 Å². The van der Waals surface area contributed by atoms with Gasteiger partial charge in [0.25, 0.3) is 0 Å². The third-order valence-corrected chi connectivity index (χ3v) is 3.82. The molecule has 0 radical (unpaired) electrons. The second kappa shape index (κ2) is 7.11. The van der Waals surface area contributed by atoms with Crippen LogP contribution >= 0.6 is 11.6 Å². The summed E-state index contributed by atoms with van der Waals surface area (Å²) < 4.78 is 5.42. The Morgan fingerprint density at radius 1 is 1.43 bits per heavy atom. The van der Waals surface area contributed by atoms with Crippen molar-refractivity contribution in [1.29, 1.82) is 0 Å². The molecule has 2 rings (SSSR count). The Morgan fingerprint density at radius 3 is 2.86 bits per heavy atom. The molecule has 2 N–H and O–H groups in total. The van der Waals surface area contributed by atoms with Crippen molar-refractivity contribution in [2.75, 3.05) is 44.1 Å². The predicted molar refractivity (Wildman–Crippen MR) is 86.2 cm³/mol. The van der Waals surface area contributed by atoms with Crippen molar-refractivity contribution in [3.8, 4) is 0 Å². The molecule has 0 aromatic heterocycles. The molecule has 1 aromatic rings. The first-order chi connectivity index (χ1) is 10.0. The first-order valence-electron chi connectivity index (χ1n) is 7.11. The van der Waals surface area contributed by atoms with Crippen molar-refractivity contribution in [1.82, 2.24) is 5.32 Å². The van der Waals surface area contributed by atoms with E-state index in [0.717, 1.165) is 17.9 Å². The maximum atomic E-state index is 12.5. The van der Waals surface area contributed by atoms with Crippen LogP contribution in [0.1, 0.15) is 6.92 Å². The summed E-state index contributed by atoms with van der Waals surface area (Å²) in [6.07, 6.45) is 0. The Balaban J connectivity index is 2.14. The van der Waals surface area contributed by atoms with E-state index in [4.69, 9.17) is 16.3 Å². The maximum Gasteiger partial charge on any atom is 0.231 e. The van der Waals surface area contributed by atoms with Crippen LogP contribution in [-0.4, -0.2) is 45.8 Å². The van der Waals surface area contributed by atoms with Crippen LogP contribution < -0.4 is 15.5 Å². The summed E-state index contributed by atoms with van der Waals surface area (Å²) in [4.78, 5) is 14.4. The minimum atomic E-state index is -0.182. The molecule has 6 heteroatoms. The molecule has 5 nitrogen and oxygen atoms in total. The van der Waals surface area contributed by atoms with Gasteiger partial charge in [0.2, 0.25) is 5.91 Å². The number of hydrogen-bond donors (Lipinski definition) is 2. The highest BCUT2D eigenvalue weighted by Gasteiger charge is 2.33. The number of anilines is 2. The summed E-state index contributed by atoms with van der Waals surface area (Å²) in [5.74, 6) is -0.220. The summed E-state index contributed by atoms with van der Waals surface area (Å²) in [6, 6.07) is 5.54. The van der Waals surface area contributed by atoms with Crippen molar-refractivity contribution in [2.45, 2.75) is 13.0 Å². The Bertz CT molecular complexity index is 508. The lowest BCUT2D eigenvalue weighted by atomic mass is 10.0. The van der Waals surface area contributed by atoms with Gasteiger partial charge in [-0.25, -0.2) is 0 Å². The van der Waals surface area contributed by atoms with Crippen molar-refractivity contribution in [2.24, 2.45) is 5.92 Å². The fraction of sp³-hybridized carbons (Fsp3) is 0.533. The molecule has 1 amide bonds. The molecule has 0 bridgehead atoms. The van der Waals surface area contributed by atoms with Gasteiger partial charge < -0.3 is 20.3 Å². The Kier molecular flexibility index (Phi) is 5.45. The van der Waals surface area contributed by atoms with Crippen molar-refractivity contribution in [3.63, 3.8) is 0 Å². The van der Waals surface area contributed by atoms with Crippen LogP contribution in [0.3, 0.4) is 0 Å². The topological polar surface area (TPSA) is 53.6 Å². The largest absolute Gasteiger partial charge is 0.379 e. The first kappa shape index (κ1) is 16.1. The van der Waals surface area contributed by atoms with Gasteiger partial charge in [-0.3, -0.25) is 4.79 Å². The minimum Gasteiger partial charge on any atom is -0.379 e. The SMILES string of the molecule is CCNC1COCC1C(=O)Nc1cc(Cl)ccc1N(C)C. The number of rotatable bonds is 5. The molecule has 1 saturated heterocycles. The molecule has 116 valence electrons. The van der Waals surface area contributed by atoms with Gasteiger partial charge in [0, 0.05) is 25.2 Å². The van der Waals surface area contributed by atoms with Gasteiger partial charge in [0.15, 0.2) is 0 Å². The van der Waals surface area contributed by atoms with E-state index in [0.29, 0.717) is 18.2 Å². The average Bonchev–Trinajstić information content (AvgIpc) is 2.87. The molecule has 2 atom stereocenters. The number of nitrogens with zero attached hydrogens (tertiary/aromatic N) is 1. The number of hydrogen-bond acceptors (Lipinski definition) is 4. The molecule has 0 aliphatic carbocycles. The predicted octanol–water partition coefficient (Wildman–Crippen LogP) is 1.97. The number of halogens is 1. The molecule has 0 saturated carbocycles. The molecular weight excluding hydrogens is 290 g/mol. The van der Waals surface area contributed by atoms with Crippen LogP contribution in [0.5, 0.6) is 0 Å². The number of carbonyl (C=O) groups excluding carboxylic acids is 1. The Morgan fingerprint density at radius 2 is 2.19 bits per heavy atom. The monoisotopic (exact) mass is 311 g/mol. The van der Waals surface area contributed by atoms with Crippen LogP contribution in [0, 0.1) is 5.92 Å². The van der Waals surface area contributed by atoms with E-state index in [1.165, 1.54) is 0 Å². The molecule has 1 heterocycles. The van der Waals surface area contributed by atoms with Crippen LogP contribution in [-0.2, 0) is 9.53 Å². The molecular formula is C15H22ClN3O2. The molecule has 1 aliphatic heterocycles. The fourth-order valence-electron chi connectivity index (χ4n) is 2.50. The number of likely N-dealkylation sites (N-methyl/N-ethyl adjacent to an activating group) is 1. The highest BCUT2D eigenvalue weighted by atomic mass is 35.5. The van der Waals surface area contributed by atoms with Crippen LogP contribution in [0.2, 0.25) is 5.02 Å². The van der Waals surface area contributed by atoms with Crippen LogP contribution in [0.4, 0.5) is 11.4 Å². The zero-order valence-corrected chi connectivity index (χ0v) is 13.4. The van der Waals surface area contributed by atoms with E-state index in [2.05, 4.69) is 10.6 Å². The molecule has 0 spiro atoms. The lowest BCUT2D eigenvalue weighted by Gasteiger charge is -2.21. The maximum absolute atomic E-state index is 12.5. The van der Waals surface area contributed by atoms with Gasteiger partial charge in [-0.2, -0.15) is 0 Å². The van der Waals surface area contributed by atoms with Crippen molar-refractivity contribution < 1.29 is 9.53 Å². The number of carbonyl (C=O) groups is 1. The van der Waals surface area contributed by atoms with Gasteiger partial charge in [-0.05, 0) is 24.7 Å². The summed E-state index contributed by atoms with van der Waals surface area (Å²) in [5, 5.41) is 6.86. The van der Waals surface area contributed by atoms with Crippen molar-refractivity contribution >= 4 is 28.9 Å². The first-order valence-corrected chi connectivity index (χ1v) is 7.49. The third-order valence-electron chi connectivity index (χ3n) is 3.58. The van der Waals surface area contributed by atoms with E-state index in [9.17, 15) is 4.79 Å². The number of amides is 1. The van der Waals surface area contributed by atoms with Gasteiger partial charge in [0.05, 0.1) is 30.5 Å². The van der Waals surface area contributed by atoms with E-state index in [-0.39, 0.29) is 17.9 Å². The quantitative estimate of drug-likeness (QED) is 0.873. The summed E-state index contributed by atoms with van der Waals surface area (Å²) >= 11 is 6.04. The Hall–Kier alpha value is -1.30. The van der Waals surface area contributed by atoms with Crippen LogP contribution in [0.25, 0.3) is 0 Å². The summed E-state index contributed by atoms with van der Waals surface area (Å²) in [6.45, 7) is 3.86. The summed E-state index contributed by atoms with van der Waals surface area (Å²) in [5.41, 5.74) is 1.64. The molecule has 21 heavy (non-hydrogen) atoms. The van der Waals surface area contributed by atoms with Crippen molar-refractivity contribution in [3.05, 3.63) is 23.2 Å². The average molecular weight is 312 g/mol. The number of benzene rings is 1. The van der Waals surface area contributed by atoms with E-state index in [1.807, 2.05) is 38.1 Å². The second-order valence-electron chi connectivity index (χ2n) is 5.35. The highest BCUT2D eigenvalue weighted by molar-refractivity contribution is 6.31. The Labute approximate surface area is 130 Å². The molecule has 1 aromatic carbocycles. The fourth-order valence-corrected chi connectivity index (χ4v) is 2.67. The van der Waals surface area contributed by atoms with Gasteiger partial charge in [-0.15, -0.1) is 0 Å². The van der Waals surface area contributed by atoms with Gasteiger partial charge in [-0.1, -0.05) is 18.5 Å². The lowest BCUT2D eigenvalue weighted by Crippen LogP contribution is -2.41. The van der Waals surface area contributed by atoms with E-state index >= 15 is 0 Å².